The van der Waals surface area contributed by atoms with Crippen LogP contribution in [0.4, 0.5) is 5.82 Å². The lowest BCUT2D eigenvalue weighted by Crippen LogP contribution is -2.26. The van der Waals surface area contributed by atoms with Gasteiger partial charge in [-0.05, 0) is 32.1 Å². The molecule has 2 aliphatic rings. The van der Waals surface area contributed by atoms with Gasteiger partial charge >= 0.3 is 5.97 Å². The van der Waals surface area contributed by atoms with Crippen molar-refractivity contribution in [2.45, 2.75) is 32.1 Å². The lowest BCUT2D eigenvalue weighted by Gasteiger charge is -2.24. The fourth-order valence-electron chi connectivity index (χ4n) is 3.09. The molecule has 0 N–H and O–H groups in total. The Labute approximate surface area is 113 Å². The molecule has 1 aromatic heterocycles. The van der Waals surface area contributed by atoms with Crippen LogP contribution in [0.25, 0.3) is 0 Å². The van der Waals surface area contributed by atoms with Gasteiger partial charge in [0.2, 0.25) is 0 Å². The molecule has 0 spiro atoms. The number of methoxy groups -OCH3 is 1. The molecule has 1 atom stereocenters. The van der Waals surface area contributed by atoms with Crippen molar-refractivity contribution in [2.24, 2.45) is 5.92 Å². The maximum Gasteiger partial charge on any atom is 0.310 e. The third-order valence-electron chi connectivity index (χ3n) is 4.12. The Balaban J connectivity index is 1.82. The largest absolute Gasteiger partial charge is 0.469 e. The molecule has 2 heterocycles. The van der Waals surface area contributed by atoms with Gasteiger partial charge in [0.25, 0.3) is 0 Å². The van der Waals surface area contributed by atoms with Crippen molar-refractivity contribution >= 4 is 11.8 Å². The molecule has 102 valence electrons. The predicted octanol–water partition coefficient (Wildman–Crippen LogP) is 1.35. The summed E-state index contributed by atoms with van der Waals surface area (Å²) in [5.41, 5.74) is 2.48. The van der Waals surface area contributed by atoms with E-state index in [1.54, 1.807) is 6.33 Å². The van der Waals surface area contributed by atoms with Gasteiger partial charge in [-0.25, -0.2) is 9.97 Å². The summed E-state index contributed by atoms with van der Waals surface area (Å²) in [5, 5.41) is 0. The molecule has 1 unspecified atom stereocenters. The number of hydrogen-bond donors (Lipinski definition) is 0. The zero-order valence-electron chi connectivity index (χ0n) is 11.3. The number of aromatic nitrogens is 2. The molecule has 3 rings (SSSR count). The van der Waals surface area contributed by atoms with Crippen molar-refractivity contribution in [1.29, 1.82) is 0 Å². The number of nitrogens with zero attached hydrogens (tertiary/aromatic N) is 3. The quantitative estimate of drug-likeness (QED) is 0.752. The monoisotopic (exact) mass is 261 g/mol. The van der Waals surface area contributed by atoms with Crippen LogP contribution in [-0.2, 0) is 22.4 Å². The van der Waals surface area contributed by atoms with E-state index < -0.39 is 0 Å². The van der Waals surface area contributed by atoms with Crippen molar-refractivity contribution in [1.82, 2.24) is 9.97 Å². The standard InChI is InChI=1S/C14H19N3O2/c1-19-14(18)10-6-7-17(8-10)13-11-4-2-3-5-12(11)15-9-16-13/h9-10H,2-8H2,1H3. The molecular formula is C14H19N3O2. The van der Waals surface area contributed by atoms with Crippen molar-refractivity contribution in [2.75, 3.05) is 25.1 Å². The number of esters is 1. The van der Waals surface area contributed by atoms with E-state index in [-0.39, 0.29) is 11.9 Å². The van der Waals surface area contributed by atoms with E-state index in [2.05, 4.69) is 14.9 Å². The minimum atomic E-state index is -0.106. The molecule has 5 heteroatoms. The summed E-state index contributed by atoms with van der Waals surface area (Å²) in [4.78, 5) is 22.7. The van der Waals surface area contributed by atoms with Crippen LogP contribution in [0.15, 0.2) is 6.33 Å². The molecule has 1 aromatic rings. The third-order valence-corrected chi connectivity index (χ3v) is 4.12. The molecule has 0 radical (unpaired) electrons. The normalized spacial score (nSPS) is 22.2. The van der Waals surface area contributed by atoms with Crippen molar-refractivity contribution in [3.8, 4) is 0 Å². The zero-order valence-corrected chi connectivity index (χ0v) is 11.3. The van der Waals surface area contributed by atoms with Crippen LogP contribution in [-0.4, -0.2) is 36.1 Å². The molecule has 1 fully saturated rings. The van der Waals surface area contributed by atoms with Gasteiger partial charge < -0.3 is 9.64 Å². The maximum absolute atomic E-state index is 11.6. The number of rotatable bonds is 2. The first-order chi connectivity index (χ1) is 9.29. The van der Waals surface area contributed by atoms with Gasteiger partial charge in [-0.2, -0.15) is 0 Å². The number of carbonyl (C=O) groups is 1. The topological polar surface area (TPSA) is 55.3 Å². The van der Waals surface area contributed by atoms with Crippen LogP contribution in [0.5, 0.6) is 0 Å². The zero-order chi connectivity index (χ0) is 13.2. The highest BCUT2D eigenvalue weighted by molar-refractivity contribution is 5.74. The third kappa shape index (κ3) is 2.29. The second-order valence-electron chi connectivity index (χ2n) is 5.28. The van der Waals surface area contributed by atoms with Gasteiger partial charge in [0.15, 0.2) is 0 Å². The summed E-state index contributed by atoms with van der Waals surface area (Å²) in [6.45, 7) is 1.60. The van der Waals surface area contributed by atoms with E-state index in [0.29, 0.717) is 0 Å². The number of fused-ring (bicyclic) bond motifs is 1. The molecule has 1 aliphatic heterocycles. The van der Waals surface area contributed by atoms with E-state index in [4.69, 9.17) is 4.74 Å². The Morgan fingerprint density at radius 1 is 1.37 bits per heavy atom. The Kier molecular flexibility index (Phi) is 3.36. The van der Waals surface area contributed by atoms with Gasteiger partial charge in [0.05, 0.1) is 13.0 Å². The summed E-state index contributed by atoms with van der Waals surface area (Å²) < 4.78 is 4.83. The number of hydrogen-bond acceptors (Lipinski definition) is 5. The lowest BCUT2D eigenvalue weighted by molar-refractivity contribution is -0.144. The van der Waals surface area contributed by atoms with E-state index in [0.717, 1.165) is 38.2 Å². The van der Waals surface area contributed by atoms with E-state index in [9.17, 15) is 4.79 Å². The van der Waals surface area contributed by atoms with Crippen molar-refractivity contribution < 1.29 is 9.53 Å². The summed E-state index contributed by atoms with van der Waals surface area (Å²) in [6, 6.07) is 0. The molecule has 1 saturated heterocycles. The highest BCUT2D eigenvalue weighted by Crippen LogP contribution is 2.30. The highest BCUT2D eigenvalue weighted by Gasteiger charge is 2.31. The van der Waals surface area contributed by atoms with Crippen LogP contribution in [0.3, 0.4) is 0 Å². The molecular weight excluding hydrogens is 242 g/mol. The SMILES string of the molecule is COC(=O)C1CCN(c2ncnc3c2CCCC3)C1. The Morgan fingerprint density at radius 3 is 3.05 bits per heavy atom. The van der Waals surface area contributed by atoms with E-state index >= 15 is 0 Å². The lowest BCUT2D eigenvalue weighted by atomic mass is 9.96. The van der Waals surface area contributed by atoms with Crippen LogP contribution < -0.4 is 4.90 Å². The molecule has 0 amide bonds. The fourth-order valence-corrected chi connectivity index (χ4v) is 3.09. The average Bonchev–Trinajstić information content (AvgIpc) is 2.95. The second kappa shape index (κ2) is 5.15. The summed E-state index contributed by atoms with van der Waals surface area (Å²) >= 11 is 0. The second-order valence-corrected chi connectivity index (χ2v) is 5.28. The minimum absolute atomic E-state index is 0.0146. The Hall–Kier alpha value is -1.65. The van der Waals surface area contributed by atoms with E-state index in [1.807, 2.05) is 0 Å². The minimum Gasteiger partial charge on any atom is -0.469 e. The predicted molar refractivity (Wildman–Crippen MR) is 71.0 cm³/mol. The van der Waals surface area contributed by atoms with E-state index in [1.165, 1.54) is 31.2 Å². The average molecular weight is 261 g/mol. The fraction of sp³-hybridized carbons (Fsp3) is 0.643. The van der Waals surface area contributed by atoms with Gasteiger partial charge in [-0.15, -0.1) is 0 Å². The highest BCUT2D eigenvalue weighted by atomic mass is 16.5. The molecule has 0 saturated carbocycles. The van der Waals surface area contributed by atoms with Gasteiger partial charge in [0.1, 0.15) is 12.1 Å². The number of ether oxygens (including phenoxy) is 1. The molecule has 0 aromatic carbocycles. The van der Waals surface area contributed by atoms with Gasteiger partial charge in [0, 0.05) is 24.3 Å². The summed E-state index contributed by atoms with van der Waals surface area (Å²) in [5.74, 6) is 0.917. The Bertz CT molecular complexity index is 490. The van der Waals surface area contributed by atoms with Crippen LogP contribution >= 0.6 is 0 Å². The van der Waals surface area contributed by atoms with Gasteiger partial charge in [-0.1, -0.05) is 0 Å². The number of anilines is 1. The first-order valence-corrected chi connectivity index (χ1v) is 6.95. The smallest absolute Gasteiger partial charge is 0.310 e. The first kappa shape index (κ1) is 12.4. The molecule has 5 nitrogen and oxygen atoms in total. The molecule has 1 aliphatic carbocycles. The van der Waals surface area contributed by atoms with Gasteiger partial charge in [-0.3, -0.25) is 4.79 Å². The summed E-state index contributed by atoms with van der Waals surface area (Å²) in [6.07, 6.45) is 7.05. The molecule has 19 heavy (non-hydrogen) atoms. The van der Waals surface area contributed by atoms with Crippen molar-refractivity contribution in [3.63, 3.8) is 0 Å². The van der Waals surface area contributed by atoms with Crippen LogP contribution in [0, 0.1) is 5.92 Å². The molecule has 0 bridgehead atoms. The summed E-state index contributed by atoms with van der Waals surface area (Å²) in [7, 11) is 1.46. The first-order valence-electron chi connectivity index (χ1n) is 6.95. The van der Waals surface area contributed by atoms with Crippen molar-refractivity contribution in [3.05, 3.63) is 17.6 Å². The Morgan fingerprint density at radius 2 is 2.21 bits per heavy atom. The number of aryl methyl sites for hydroxylation is 1. The number of carbonyl (C=O) groups excluding carboxylic acids is 1. The maximum atomic E-state index is 11.6. The van der Waals surface area contributed by atoms with Crippen LogP contribution in [0.2, 0.25) is 0 Å². The van der Waals surface area contributed by atoms with Crippen LogP contribution in [0.1, 0.15) is 30.5 Å².